The van der Waals surface area contributed by atoms with Crippen LogP contribution in [-0.2, 0) is 4.79 Å². The number of methoxy groups -OCH3 is 2. The normalized spacial score (nSPS) is 16.0. The lowest BCUT2D eigenvalue weighted by Gasteiger charge is -2.17. The van der Waals surface area contributed by atoms with Gasteiger partial charge in [-0.05, 0) is 43.7 Å². The number of anilines is 1. The minimum atomic E-state index is -0.0528. The van der Waals surface area contributed by atoms with Crippen LogP contribution >= 0.6 is 11.8 Å². The molecule has 0 saturated heterocycles. The second-order valence-corrected chi connectivity index (χ2v) is 8.04. The van der Waals surface area contributed by atoms with Gasteiger partial charge in [0.1, 0.15) is 5.82 Å². The van der Waals surface area contributed by atoms with Gasteiger partial charge >= 0.3 is 0 Å². The number of carbonyl (C=O) groups excluding carboxylic acids is 1. The molecule has 1 N–H and O–H groups in total. The molecule has 0 saturated carbocycles. The fourth-order valence-corrected chi connectivity index (χ4v) is 4.71. The Bertz CT molecular complexity index is 1060. The number of rotatable bonds is 4. The molecule has 3 aromatic rings. The maximum atomic E-state index is 12.5. The lowest BCUT2D eigenvalue weighted by Crippen LogP contribution is -2.15. The largest absolute Gasteiger partial charge is 0.493 e. The summed E-state index contributed by atoms with van der Waals surface area (Å²) in [6, 6.07) is 14.0. The van der Waals surface area contributed by atoms with E-state index in [2.05, 4.69) is 5.32 Å². The standard InChI is InChI=1S/C22H23N3O3S/c1-13-5-8-16(9-6-13)25-22-20(14(2)24-25)21(29-12-19(26)23-22)15-7-10-17(27-3)18(11-15)28-4/h5-11,21H,12H2,1-4H3,(H,23,26)/t21-/m1/s1. The number of nitrogens with one attached hydrogen (secondary N) is 1. The van der Waals surface area contributed by atoms with E-state index >= 15 is 0 Å². The molecule has 1 aromatic heterocycles. The minimum absolute atomic E-state index is 0.0347. The molecule has 0 fully saturated rings. The maximum Gasteiger partial charge on any atom is 0.235 e. The van der Waals surface area contributed by atoms with Crippen molar-refractivity contribution in [3.8, 4) is 17.2 Å². The van der Waals surface area contributed by atoms with Crippen LogP contribution in [0.2, 0.25) is 0 Å². The van der Waals surface area contributed by atoms with Gasteiger partial charge in [-0.1, -0.05) is 23.8 Å². The molecule has 0 unspecified atom stereocenters. The highest BCUT2D eigenvalue weighted by Gasteiger charge is 2.31. The number of aromatic nitrogens is 2. The lowest BCUT2D eigenvalue weighted by molar-refractivity contribution is -0.113. The smallest absolute Gasteiger partial charge is 0.235 e. The summed E-state index contributed by atoms with van der Waals surface area (Å²) in [6.07, 6.45) is 0. The molecule has 0 aliphatic carbocycles. The van der Waals surface area contributed by atoms with Gasteiger partial charge in [0.05, 0.1) is 36.6 Å². The Hall–Kier alpha value is -2.93. The third-order valence-electron chi connectivity index (χ3n) is 5.00. The number of nitrogens with zero attached hydrogens (tertiary/aromatic N) is 2. The van der Waals surface area contributed by atoms with Crippen molar-refractivity contribution in [2.24, 2.45) is 0 Å². The molecular weight excluding hydrogens is 386 g/mol. The molecule has 1 atom stereocenters. The van der Waals surface area contributed by atoms with Gasteiger partial charge in [-0.2, -0.15) is 5.10 Å². The van der Waals surface area contributed by atoms with E-state index < -0.39 is 0 Å². The van der Waals surface area contributed by atoms with Crippen molar-refractivity contribution in [2.75, 3.05) is 25.3 Å². The summed E-state index contributed by atoms with van der Waals surface area (Å²) >= 11 is 1.58. The van der Waals surface area contributed by atoms with Gasteiger partial charge in [0.15, 0.2) is 11.5 Å². The highest BCUT2D eigenvalue weighted by Crippen LogP contribution is 2.45. The third kappa shape index (κ3) is 3.58. The molecule has 2 heterocycles. The van der Waals surface area contributed by atoms with Gasteiger partial charge in [0.25, 0.3) is 0 Å². The van der Waals surface area contributed by atoms with Crippen LogP contribution in [0.4, 0.5) is 5.82 Å². The van der Waals surface area contributed by atoms with Crippen LogP contribution in [0.5, 0.6) is 11.5 Å². The van der Waals surface area contributed by atoms with Crippen molar-refractivity contribution in [1.82, 2.24) is 9.78 Å². The zero-order valence-electron chi connectivity index (χ0n) is 16.9. The quantitative estimate of drug-likeness (QED) is 0.697. The molecule has 0 radical (unpaired) electrons. The number of hydrogen-bond donors (Lipinski definition) is 1. The third-order valence-corrected chi connectivity index (χ3v) is 6.27. The molecule has 150 valence electrons. The van der Waals surface area contributed by atoms with Crippen molar-refractivity contribution < 1.29 is 14.3 Å². The number of fused-ring (bicyclic) bond motifs is 1. The Morgan fingerprint density at radius 1 is 1.07 bits per heavy atom. The molecule has 0 bridgehead atoms. The fraction of sp³-hybridized carbons (Fsp3) is 0.273. The summed E-state index contributed by atoms with van der Waals surface area (Å²) in [6.45, 7) is 4.03. The first-order chi connectivity index (χ1) is 14.0. The second-order valence-electron chi connectivity index (χ2n) is 6.95. The molecule has 7 heteroatoms. The van der Waals surface area contributed by atoms with E-state index in [1.54, 1.807) is 26.0 Å². The molecule has 6 nitrogen and oxygen atoms in total. The van der Waals surface area contributed by atoms with E-state index in [1.165, 1.54) is 5.56 Å². The predicted octanol–water partition coefficient (Wildman–Crippen LogP) is 4.28. The number of thioether (sulfide) groups is 1. The maximum absolute atomic E-state index is 12.5. The highest BCUT2D eigenvalue weighted by molar-refractivity contribution is 8.00. The molecular formula is C22H23N3O3S. The number of hydrogen-bond acceptors (Lipinski definition) is 5. The number of ether oxygens (including phenoxy) is 2. The topological polar surface area (TPSA) is 65.4 Å². The summed E-state index contributed by atoms with van der Waals surface area (Å²) in [5.74, 6) is 2.39. The summed E-state index contributed by atoms with van der Waals surface area (Å²) in [4.78, 5) is 12.5. The number of carbonyl (C=O) groups is 1. The van der Waals surface area contributed by atoms with Crippen LogP contribution in [0.25, 0.3) is 5.69 Å². The Kier molecular flexibility index (Phi) is 5.24. The van der Waals surface area contributed by atoms with E-state index in [1.807, 2.05) is 61.0 Å². The number of amides is 1. The molecule has 1 aliphatic rings. The van der Waals surface area contributed by atoms with Crippen molar-refractivity contribution in [3.63, 3.8) is 0 Å². The predicted molar refractivity (Wildman–Crippen MR) is 116 cm³/mol. The zero-order valence-corrected chi connectivity index (χ0v) is 17.7. The van der Waals surface area contributed by atoms with Crippen molar-refractivity contribution in [3.05, 3.63) is 64.8 Å². The van der Waals surface area contributed by atoms with Gasteiger partial charge in [-0.15, -0.1) is 11.8 Å². The lowest BCUT2D eigenvalue weighted by atomic mass is 10.0. The average Bonchev–Trinajstić information content (AvgIpc) is 2.93. The molecule has 2 aromatic carbocycles. The Balaban J connectivity index is 1.86. The molecule has 1 amide bonds. The molecule has 0 spiro atoms. The van der Waals surface area contributed by atoms with Crippen LogP contribution in [0.1, 0.15) is 27.6 Å². The molecule has 1 aliphatic heterocycles. The average molecular weight is 410 g/mol. The van der Waals surface area contributed by atoms with Crippen LogP contribution in [0.15, 0.2) is 42.5 Å². The summed E-state index contributed by atoms with van der Waals surface area (Å²) in [7, 11) is 3.24. The first-order valence-electron chi connectivity index (χ1n) is 9.31. The first-order valence-corrected chi connectivity index (χ1v) is 10.4. The van der Waals surface area contributed by atoms with E-state index in [4.69, 9.17) is 14.6 Å². The Morgan fingerprint density at radius 3 is 2.48 bits per heavy atom. The number of aryl methyl sites for hydroxylation is 2. The van der Waals surface area contributed by atoms with Gasteiger partial charge in [-0.3, -0.25) is 4.79 Å². The van der Waals surface area contributed by atoms with Crippen LogP contribution in [-0.4, -0.2) is 35.7 Å². The number of benzene rings is 2. The monoisotopic (exact) mass is 409 g/mol. The molecule has 29 heavy (non-hydrogen) atoms. The summed E-state index contributed by atoms with van der Waals surface area (Å²) in [5, 5.41) is 7.76. The van der Waals surface area contributed by atoms with E-state index in [9.17, 15) is 4.79 Å². The summed E-state index contributed by atoms with van der Waals surface area (Å²) in [5.41, 5.74) is 5.02. The van der Waals surface area contributed by atoms with Gasteiger partial charge < -0.3 is 14.8 Å². The first kappa shape index (κ1) is 19.4. The van der Waals surface area contributed by atoms with Gasteiger partial charge in [0, 0.05) is 5.56 Å². The van der Waals surface area contributed by atoms with Crippen molar-refractivity contribution in [2.45, 2.75) is 19.1 Å². The highest BCUT2D eigenvalue weighted by atomic mass is 32.2. The second kappa shape index (κ2) is 7.83. The Morgan fingerprint density at radius 2 is 1.79 bits per heavy atom. The fourth-order valence-electron chi connectivity index (χ4n) is 3.54. The molecule has 4 rings (SSSR count). The SMILES string of the molecule is COc1ccc([C@H]2SCC(=O)Nc3c2c(C)nn3-c2ccc(C)cc2)cc1OC. The Labute approximate surface area is 174 Å². The van der Waals surface area contributed by atoms with Crippen LogP contribution in [0, 0.1) is 13.8 Å². The van der Waals surface area contributed by atoms with E-state index in [0.717, 1.165) is 28.3 Å². The minimum Gasteiger partial charge on any atom is -0.493 e. The van der Waals surface area contributed by atoms with E-state index in [-0.39, 0.29) is 11.2 Å². The van der Waals surface area contributed by atoms with Crippen LogP contribution in [0.3, 0.4) is 0 Å². The van der Waals surface area contributed by atoms with Crippen molar-refractivity contribution in [1.29, 1.82) is 0 Å². The zero-order chi connectivity index (χ0) is 20.5. The summed E-state index contributed by atoms with van der Waals surface area (Å²) < 4.78 is 12.7. The van der Waals surface area contributed by atoms with E-state index in [0.29, 0.717) is 17.3 Å². The van der Waals surface area contributed by atoms with Crippen LogP contribution < -0.4 is 14.8 Å². The van der Waals surface area contributed by atoms with Crippen molar-refractivity contribution >= 4 is 23.5 Å². The van der Waals surface area contributed by atoms with Gasteiger partial charge in [-0.25, -0.2) is 4.68 Å². The van der Waals surface area contributed by atoms with Gasteiger partial charge in [0.2, 0.25) is 5.91 Å².